The molecule has 2 nitrogen and oxygen atoms in total. The van der Waals surface area contributed by atoms with E-state index < -0.39 is 0 Å². The van der Waals surface area contributed by atoms with E-state index in [1.165, 1.54) is 22.2 Å². The number of thioether (sulfide) groups is 1. The van der Waals surface area contributed by atoms with Crippen LogP contribution in [0.2, 0.25) is 0 Å². The number of hydrogen-bond donors (Lipinski definition) is 1. The van der Waals surface area contributed by atoms with Crippen LogP contribution in [0.3, 0.4) is 0 Å². The molecule has 1 aromatic carbocycles. The fourth-order valence-electron chi connectivity index (χ4n) is 3.09. The van der Waals surface area contributed by atoms with Crippen molar-refractivity contribution in [3.8, 4) is 0 Å². The van der Waals surface area contributed by atoms with Crippen LogP contribution in [0.5, 0.6) is 0 Å². The van der Waals surface area contributed by atoms with Crippen LogP contribution in [0.4, 0.5) is 0 Å². The van der Waals surface area contributed by atoms with Crippen molar-refractivity contribution in [1.29, 1.82) is 0 Å². The van der Waals surface area contributed by atoms with Gasteiger partial charge in [0.05, 0.1) is 0 Å². The SMILES string of the molecule is CN(Cc1ccccc1Br)C1(CN)CSCC(C)(C)C1. The highest BCUT2D eigenvalue weighted by atomic mass is 79.9. The van der Waals surface area contributed by atoms with E-state index in [1.807, 2.05) is 11.8 Å². The topological polar surface area (TPSA) is 29.3 Å². The fourth-order valence-corrected chi connectivity index (χ4v) is 5.08. The van der Waals surface area contributed by atoms with Gasteiger partial charge in [0.2, 0.25) is 0 Å². The Labute approximate surface area is 135 Å². The molecule has 0 spiro atoms. The molecule has 1 unspecified atom stereocenters. The molecule has 1 heterocycles. The van der Waals surface area contributed by atoms with Gasteiger partial charge >= 0.3 is 0 Å². The first-order chi connectivity index (χ1) is 9.38. The van der Waals surface area contributed by atoms with Crippen LogP contribution < -0.4 is 5.73 Å². The summed E-state index contributed by atoms with van der Waals surface area (Å²) in [7, 11) is 2.22. The van der Waals surface area contributed by atoms with Gasteiger partial charge < -0.3 is 5.73 Å². The van der Waals surface area contributed by atoms with E-state index in [-0.39, 0.29) is 5.54 Å². The van der Waals surface area contributed by atoms with Gasteiger partial charge in [0, 0.05) is 28.9 Å². The Hall–Kier alpha value is -0.0300. The molecular formula is C16H25BrN2S. The Morgan fingerprint density at radius 1 is 1.30 bits per heavy atom. The monoisotopic (exact) mass is 356 g/mol. The summed E-state index contributed by atoms with van der Waals surface area (Å²) in [5.74, 6) is 2.37. The Balaban J connectivity index is 2.17. The van der Waals surface area contributed by atoms with Gasteiger partial charge in [-0.15, -0.1) is 0 Å². The van der Waals surface area contributed by atoms with E-state index in [4.69, 9.17) is 5.73 Å². The summed E-state index contributed by atoms with van der Waals surface area (Å²) in [5.41, 5.74) is 7.99. The maximum absolute atomic E-state index is 6.19. The number of hydrogen-bond acceptors (Lipinski definition) is 3. The second-order valence-electron chi connectivity index (χ2n) is 6.71. The first-order valence-corrected chi connectivity index (χ1v) is 9.06. The molecule has 1 aliphatic heterocycles. The van der Waals surface area contributed by atoms with E-state index in [1.54, 1.807) is 0 Å². The van der Waals surface area contributed by atoms with Crippen LogP contribution in [0.25, 0.3) is 0 Å². The first-order valence-electron chi connectivity index (χ1n) is 7.11. The zero-order valence-corrected chi connectivity index (χ0v) is 15.1. The molecule has 112 valence electrons. The highest BCUT2D eigenvalue weighted by Gasteiger charge is 2.42. The highest BCUT2D eigenvalue weighted by molar-refractivity contribution is 9.10. The number of nitrogens with zero attached hydrogens (tertiary/aromatic N) is 1. The average molecular weight is 357 g/mol. The third-order valence-corrected chi connectivity index (χ3v) is 6.73. The molecule has 0 saturated carbocycles. The van der Waals surface area contributed by atoms with Crippen molar-refractivity contribution >= 4 is 27.7 Å². The minimum atomic E-state index is 0.113. The molecule has 4 heteroatoms. The molecule has 1 fully saturated rings. The number of likely N-dealkylation sites (N-methyl/N-ethyl adjacent to an activating group) is 1. The smallest absolute Gasteiger partial charge is 0.0427 e. The molecule has 1 atom stereocenters. The molecule has 0 aromatic heterocycles. The quantitative estimate of drug-likeness (QED) is 0.890. The molecule has 0 radical (unpaired) electrons. The van der Waals surface area contributed by atoms with Gasteiger partial charge in [0.25, 0.3) is 0 Å². The second kappa shape index (κ2) is 6.39. The van der Waals surface area contributed by atoms with Gasteiger partial charge in [-0.25, -0.2) is 0 Å². The van der Waals surface area contributed by atoms with Crippen molar-refractivity contribution in [2.24, 2.45) is 11.1 Å². The van der Waals surface area contributed by atoms with Crippen LogP contribution in [0, 0.1) is 5.41 Å². The zero-order valence-electron chi connectivity index (χ0n) is 12.7. The van der Waals surface area contributed by atoms with Crippen LogP contribution in [-0.2, 0) is 6.54 Å². The van der Waals surface area contributed by atoms with E-state index in [9.17, 15) is 0 Å². The Morgan fingerprint density at radius 3 is 2.60 bits per heavy atom. The number of benzene rings is 1. The van der Waals surface area contributed by atoms with Crippen molar-refractivity contribution < 1.29 is 0 Å². The van der Waals surface area contributed by atoms with E-state index in [0.29, 0.717) is 5.41 Å². The summed E-state index contributed by atoms with van der Waals surface area (Å²) < 4.78 is 1.18. The lowest BCUT2D eigenvalue weighted by molar-refractivity contribution is 0.0868. The summed E-state index contributed by atoms with van der Waals surface area (Å²) in [5, 5.41) is 0. The fraction of sp³-hybridized carbons (Fsp3) is 0.625. The van der Waals surface area contributed by atoms with Crippen molar-refractivity contribution in [3.63, 3.8) is 0 Å². The minimum Gasteiger partial charge on any atom is -0.329 e. The molecule has 1 aromatic rings. The molecule has 1 saturated heterocycles. The summed E-state index contributed by atoms with van der Waals surface area (Å²) in [6.45, 7) is 6.38. The number of nitrogens with two attached hydrogens (primary N) is 1. The van der Waals surface area contributed by atoms with Gasteiger partial charge in [-0.3, -0.25) is 4.90 Å². The van der Waals surface area contributed by atoms with Crippen molar-refractivity contribution in [3.05, 3.63) is 34.3 Å². The molecule has 2 N–H and O–H groups in total. The summed E-state index contributed by atoms with van der Waals surface area (Å²) in [6, 6.07) is 8.46. The second-order valence-corrected chi connectivity index (χ2v) is 8.55. The van der Waals surface area contributed by atoms with Gasteiger partial charge in [-0.1, -0.05) is 48.0 Å². The van der Waals surface area contributed by atoms with Gasteiger partial charge in [0.15, 0.2) is 0 Å². The summed E-state index contributed by atoms with van der Waals surface area (Å²) >= 11 is 5.69. The van der Waals surface area contributed by atoms with Gasteiger partial charge in [-0.05, 0) is 36.3 Å². The largest absolute Gasteiger partial charge is 0.329 e. The lowest BCUT2D eigenvalue weighted by Gasteiger charge is -2.49. The first kappa shape index (κ1) is 16.3. The summed E-state index contributed by atoms with van der Waals surface area (Å²) in [4.78, 5) is 2.46. The lowest BCUT2D eigenvalue weighted by atomic mass is 9.79. The van der Waals surface area contributed by atoms with Crippen molar-refractivity contribution in [1.82, 2.24) is 4.90 Å². The molecule has 20 heavy (non-hydrogen) atoms. The van der Waals surface area contributed by atoms with E-state index in [2.05, 4.69) is 66.0 Å². The molecular weight excluding hydrogens is 332 g/mol. The third kappa shape index (κ3) is 3.59. The van der Waals surface area contributed by atoms with Crippen LogP contribution in [0.1, 0.15) is 25.8 Å². The molecule has 0 aliphatic carbocycles. The predicted molar refractivity (Wildman–Crippen MR) is 93.1 cm³/mol. The Morgan fingerprint density at radius 2 is 2.00 bits per heavy atom. The molecule has 2 rings (SSSR count). The van der Waals surface area contributed by atoms with Crippen molar-refractivity contribution in [2.45, 2.75) is 32.4 Å². The molecule has 1 aliphatic rings. The van der Waals surface area contributed by atoms with Gasteiger partial charge in [-0.2, -0.15) is 11.8 Å². The molecule has 0 amide bonds. The number of rotatable bonds is 4. The summed E-state index contributed by atoms with van der Waals surface area (Å²) in [6.07, 6.45) is 1.17. The average Bonchev–Trinajstić information content (AvgIpc) is 2.40. The lowest BCUT2D eigenvalue weighted by Crippen LogP contribution is -2.58. The van der Waals surface area contributed by atoms with Gasteiger partial charge in [0.1, 0.15) is 0 Å². The zero-order chi connectivity index (χ0) is 14.8. The minimum absolute atomic E-state index is 0.113. The maximum atomic E-state index is 6.19. The van der Waals surface area contributed by atoms with Crippen LogP contribution in [-0.4, -0.2) is 35.5 Å². The Bertz CT molecular complexity index is 464. The maximum Gasteiger partial charge on any atom is 0.0427 e. The van der Waals surface area contributed by atoms with Crippen LogP contribution in [0.15, 0.2) is 28.7 Å². The number of halogens is 1. The standard InChI is InChI=1S/C16H25BrN2S/c1-15(2)9-16(10-18,12-20-11-15)19(3)8-13-6-4-5-7-14(13)17/h4-7H,8-12,18H2,1-3H3. The third-order valence-electron chi connectivity index (χ3n) is 4.23. The molecule has 0 bridgehead atoms. The van der Waals surface area contributed by atoms with E-state index >= 15 is 0 Å². The highest BCUT2D eigenvalue weighted by Crippen LogP contribution is 2.42. The predicted octanol–water partition coefficient (Wildman–Crippen LogP) is 3.74. The van der Waals surface area contributed by atoms with E-state index in [0.717, 1.165) is 18.8 Å². The van der Waals surface area contributed by atoms with Crippen LogP contribution >= 0.6 is 27.7 Å². The Kier molecular flexibility index (Phi) is 5.22. The normalized spacial score (nSPS) is 25.9. The van der Waals surface area contributed by atoms with Crippen molar-refractivity contribution in [2.75, 3.05) is 25.1 Å².